The van der Waals surface area contributed by atoms with Crippen LogP contribution in [0.15, 0.2) is 11.7 Å². The summed E-state index contributed by atoms with van der Waals surface area (Å²) in [5, 5.41) is 8.54. The minimum atomic E-state index is -0.794. The van der Waals surface area contributed by atoms with E-state index in [4.69, 9.17) is 9.84 Å². The van der Waals surface area contributed by atoms with E-state index in [-0.39, 0.29) is 12.5 Å². The number of aromatic nitrogens is 1. The van der Waals surface area contributed by atoms with Crippen LogP contribution >= 0.6 is 11.3 Å². The molecule has 1 N–H and O–H groups in total. The predicted octanol–water partition coefficient (Wildman–Crippen LogP) is 1.60. The maximum Gasteiger partial charge on any atom is 0.305 e. The van der Waals surface area contributed by atoms with Crippen LogP contribution in [-0.2, 0) is 16.1 Å². The van der Waals surface area contributed by atoms with E-state index in [1.165, 1.54) is 4.88 Å². The summed E-state index contributed by atoms with van der Waals surface area (Å²) in [7, 11) is 0. The fourth-order valence-corrected chi connectivity index (χ4v) is 2.72. The van der Waals surface area contributed by atoms with Crippen LogP contribution in [0.1, 0.15) is 24.1 Å². The smallest absolute Gasteiger partial charge is 0.305 e. The molecule has 100 valence electrons. The molecule has 1 fully saturated rings. The zero-order valence-electron chi connectivity index (χ0n) is 10.2. The molecule has 0 saturated carbocycles. The highest BCUT2D eigenvalue weighted by Crippen LogP contribution is 2.17. The molecule has 1 aliphatic heterocycles. The summed E-state index contributed by atoms with van der Waals surface area (Å²) in [4.78, 5) is 18.1. The van der Waals surface area contributed by atoms with Gasteiger partial charge in [0.05, 0.1) is 24.6 Å². The van der Waals surface area contributed by atoms with Gasteiger partial charge in [0.2, 0.25) is 0 Å². The molecule has 5 nitrogen and oxygen atoms in total. The topological polar surface area (TPSA) is 62.7 Å². The zero-order chi connectivity index (χ0) is 12.8. The molecule has 1 aromatic rings. The minimum absolute atomic E-state index is 0.0983. The highest BCUT2D eigenvalue weighted by Gasteiger charge is 2.20. The Balaban J connectivity index is 1.63. The number of piperidine rings is 1. The number of thiazole rings is 1. The summed E-state index contributed by atoms with van der Waals surface area (Å²) in [6.07, 6.45) is 4.21. The van der Waals surface area contributed by atoms with Crippen molar-refractivity contribution in [2.45, 2.75) is 31.9 Å². The van der Waals surface area contributed by atoms with Crippen molar-refractivity contribution >= 4 is 17.3 Å². The second kappa shape index (κ2) is 6.82. The molecule has 1 saturated heterocycles. The van der Waals surface area contributed by atoms with Gasteiger partial charge < -0.3 is 9.84 Å². The molecule has 0 aliphatic carbocycles. The molecule has 0 spiro atoms. The van der Waals surface area contributed by atoms with Crippen LogP contribution < -0.4 is 0 Å². The van der Waals surface area contributed by atoms with Crippen molar-refractivity contribution in [3.8, 4) is 0 Å². The van der Waals surface area contributed by atoms with Gasteiger partial charge in [-0.15, -0.1) is 11.3 Å². The van der Waals surface area contributed by atoms with Crippen LogP contribution in [0.4, 0.5) is 0 Å². The largest absolute Gasteiger partial charge is 0.481 e. The first-order chi connectivity index (χ1) is 8.74. The molecule has 1 aliphatic rings. The Bertz CT molecular complexity index is 361. The lowest BCUT2D eigenvalue weighted by Gasteiger charge is -2.31. The van der Waals surface area contributed by atoms with Crippen molar-refractivity contribution < 1.29 is 14.6 Å². The van der Waals surface area contributed by atoms with Gasteiger partial charge in [-0.3, -0.25) is 14.7 Å². The Kier molecular flexibility index (Phi) is 5.10. The number of rotatable bonds is 6. The van der Waals surface area contributed by atoms with Gasteiger partial charge in [0, 0.05) is 30.7 Å². The number of ether oxygens (including phenoxy) is 1. The number of carbonyl (C=O) groups is 1. The van der Waals surface area contributed by atoms with Crippen molar-refractivity contribution in [1.29, 1.82) is 0 Å². The number of carboxylic acid groups (broad SMARTS) is 1. The molecular weight excluding hydrogens is 252 g/mol. The van der Waals surface area contributed by atoms with E-state index < -0.39 is 5.97 Å². The third kappa shape index (κ3) is 4.36. The van der Waals surface area contributed by atoms with E-state index >= 15 is 0 Å². The lowest BCUT2D eigenvalue weighted by Crippen LogP contribution is -2.36. The fourth-order valence-electron chi connectivity index (χ4n) is 2.09. The number of likely N-dealkylation sites (tertiary alicyclic amines) is 1. The molecule has 0 bridgehead atoms. The maximum atomic E-state index is 10.4. The van der Waals surface area contributed by atoms with Crippen molar-refractivity contribution in [2.75, 3.05) is 19.7 Å². The molecule has 0 radical (unpaired) electrons. The molecular formula is C12H18N2O3S. The van der Waals surface area contributed by atoms with Gasteiger partial charge in [0.25, 0.3) is 0 Å². The Labute approximate surface area is 110 Å². The van der Waals surface area contributed by atoms with Crippen LogP contribution in [0.25, 0.3) is 0 Å². The van der Waals surface area contributed by atoms with Crippen LogP contribution in [0, 0.1) is 0 Å². The SMILES string of the molecule is O=C(O)CCOC1CCN(Cc2cncs2)CC1. The number of nitrogens with zero attached hydrogens (tertiary/aromatic N) is 2. The van der Waals surface area contributed by atoms with Crippen molar-refractivity contribution in [1.82, 2.24) is 9.88 Å². The molecule has 6 heteroatoms. The number of carboxylic acids is 1. The van der Waals surface area contributed by atoms with E-state index in [1.807, 2.05) is 11.7 Å². The Morgan fingerprint density at radius 1 is 1.56 bits per heavy atom. The summed E-state index contributed by atoms with van der Waals surface area (Å²) in [6.45, 7) is 3.31. The fraction of sp³-hybridized carbons (Fsp3) is 0.667. The van der Waals surface area contributed by atoms with E-state index in [2.05, 4.69) is 9.88 Å². The molecule has 1 aromatic heterocycles. The normalized spacial score (nSPS) is 18.0. The van der Waals surface area contributed by atoms with Gasteiger partial charge >= 0.3 is 5.97 Å². The van der Waals surface area contributed by atoms with Crippen LogP contribution in [-0.4, -0.2) is 46.8 Å². The Morgan fingerprint density at radius 3 is 2.94 bits per heavy atom. The van der Waals surface area contributed by atoms with Crippen molar-refractivity contribution in [2.24, 2.45) is 0 Å². The minimum Gasteiger partial charge on any atom is -0.481 e. The summed E-state index contributed by atoms with van der Waals surface area (Å²) in [6, 6.07) is 0. The monoisotopic (exact) mass is 270 g/mol. The summed E-state index contributed by atoms with van der Waals surface area (Å²) < 4.78 is 5.56. The first kappa shape index (κ1) is 13.5. The second-order valence-electron chi connectivity index (χ2n) is 4.46. The molecule has 2 rings (SSSR count). The standard InChI is InChI=1S/C12H18N2O3S/c15-12(16)3-6-17-10-1-4-14(5-2-10)8-11-7-13-9-18-11/h7,9-10H,1-6,8H2,(H,15,16). The average Bonchev–Trinajstić information content (AvgIpc) is 2.84. The van der Waals surface area contributed by atoms with Crippen molar-refractivity contribution in [3.63, 3.8) is 0 Å². The van der Waals surface area contributed by atoms with Crippen LogP contribution in [0.2, 0.25) is 0 Å². The number of aliphatic carboxylic acids is 1. The Hall–Kier alpha value is -0.980. The van der Waals surface area contributed by atoms with Gasteiger partial charge in [-0.2, -0.15) is 0 Å². The van der Waals surface area contributed by atoms with E-state index in [9.17, 15) is 4.79 Å². The van der Waals surface area contributed by atoms with E-state index in [1.54, 1.807) is 11.3 Å². The summed E-state index contributed by atoms with van der Waals surface area (Å²) >= 11 is 1.69. The highest BCUT2D eigenvalue weighted by molar-refractivity contribution is 7.09. The molecule has 0 amide bonds. The summed E-state index contributed by atoms with van der Waals surface area (Å²) in [5.41, 5.74) is 1.86. The van der Waals surface area contributed by atoms with Crippen LogP contribution in [0.3, 0.4) is 0 Å². The quantitative estimate of drug-likeness (QED) is 0.850. The average molecular weight is 270 g/mol. The van der Waals surface area contributed by atoms with Crippen LogP contribution in [0.5, 0.6) is 0 Å². The predicted molar refractivity (Wildman–Crippen MR) is 68.6 cm³/mol. The number of hydrogen-bond donors (Lipinski definition) is 1. The van der Waals surface area contributed by atoms with Gasteiger partial charge in [-0.25, -0.2) is 0 Å². The highest BCUT2D eigenvalue weighted by atomic mass is 32.1. The molecule has 0 atom stereocenters. The Morgan fingerprint density at radius 2 is 2.33 bits per heavy atom. The second-order valence-corrected chi connectivity index (χ2v) is 5.43. The third-order valence-corrected chi connectivity index (χ3v) is 3.83. The molecule has 0 unspecified atom stereocenters. The van der Waals surface area contributed by atoms with E-state index in [0.29, 0.717) is 6.61 Å². The number of hydrogen-bond acceptors (Lipinski definition) is 5. The van der Waals surface area contributed by atoms with Gasteiger partial charge in [-0.1, -0.05) is 0 Å². The third-order valence-electron chi connectivity index (χ3n) is 3.07. The molecule has 18 heavy (non-hydrogen) atoms. The summed E-state index contributed by atoms with van der Waals surface area (Å²) in [5.74, 6) is -0.794. The maximum absolute atomic E-state index is 10.4. The zero-order valence-corrected chi connectivity index (χ0v) is 11.1. The van der Waals surface area contributed by atoms with Crippen molar-refractivity contribution in [3.05, 3.63) is 16.6 Å². The lowest BCUT2D eigenvalue weighted by atomic mass is 10.1. The first-order valence-corrected chi connectivity index (χ1v) is 7.05. The molecule has 0 aromatic carbocycles. The lowest BCUT2D eigenvalue weighted by molar-refractivity contribution is -0.138. The van der Waals surface area contributed by atoms with E-state index in [0.717, 1.165) is 32.5 Å². The van der Waals surface area contributed by atoms with Gasteiger partial charge in [0.1, 0.15) is 0 Å². The van der Waals surface area contributed by atoms with Gasteiger partial charge in [0.15, 0.2) is 0 Å². The first-order valence-electron chi connectivity index (χ1n) is 6.17. The molecule has 2 heterocycles. The van der Waals surface area contributed by atoms with Gasteiger partial charge in [-0.05, 0) is 12.8 Å².